The smallest absolute Gasteiger partial charge is 0.312 e. The van der Waals surface area contributed by atoms with Crippen LogP contribution in [0, 0.1) is 0 Å². The Bertz CT molecular complexity index is 1060. The molecule has 0 N–H and O–H groups in total. The van der Waals surface area contributed by atoms with Gasteiger partial charge in [-0.2, -0.15) is 0 Å². The number of unbranched alkanes of at least 4 members (excludes halogenated alkanes) is 68. The van der Waals surface area contributed by atoms with E-state index in [2.05, 4.69) is 27.7 Å². The van der Waals surface area contributed by atoms with Crippen LogP contribution in [0.15, 0.2) is 0 Å². The number of hydrogen-bond acceptors (Lipinski definition) is 6. The van der Waals surface area contributed by atoms with Crippen LogP contribution in [0.25, 0.3) is 0 Å². The van der Waals surface area contributed by atoms with Crippen LogP contribution in [0.4, 0.5) is 0 Å². The molecule has 0 aromatic heterocycles. The summed E-state index contributed by atoms with van der Waals surface area (Å²) in [5.74, 6) is 0. The zero-order valence-corrected chi connectivity index (χ0v) is 65.0. The minimum Gasteiger partial charge on any atom is -0.312 e. The molecule has 0 atom stereocenters. The lowest BCUT2D eigenvalue weighted by molar-refractivity contribution is 0.133. The highest BCUT2D eigenvalue weighted by atomic mass is 31.2. The summed E-state index contributed by atoms with van der Waals surface area (Å²) in [6.45, 7) is 13.3. The van der Waals surface area contributed by atoms with Gasteiger partial charge >= 0.3 is 17.2 Å². The molecule has 0 spiro atoms. The van der Waals surface area contributed by atoms with Gasteiger partial charge in [-0.1, -0.05) is 464 Å². The average Bonchev–Trinajstić information content (AvgIpc) is 3.57. The first kappa shape index (κ1) is 91.6. The zero-order chi connectivity index (χ0) is 65.3. The predicted molar refractivity (Wildman–Crippen MR) is 409 cm³/mol. The Labute approximate surface area is 577 Å². The molecule has 6 nitrogen and oxygen atoms in total. The lowest BCUT2D eigenvalue weighted by atomic mass is 10.0. The third kappa shape index (κ3) is 83.0. The largest absolute Gasteiger partial charge is 0.332 e. The second-order valence-electron chi connectivity index (χ2n) is 28.8. The molecule has 0 aromatic carbocycles. The summed E-state index contributed by atoms with van der Waals surface area (Å²) in [7, 11) is -2.70. The topological polar surface area (TPSA) is 55.4 Å². The van der Waals surface area contributed by atoms with E-state index in [1.165, 1.54) is 437 Å². The van der Waals surface area contributed by atoms with E-state index in [0.29, 0.717) is 13.2 Å². The molecule has 0 bridgehead atoms. The van der Waals surface area contributed by atoms with Crippen molar-refractivity contribution in [3.63, 3.8) is 0 Å². The summed E-state index contributed by atoms with van der Waals surface area (Å²) in [6.07, 6.45) is 101. The van der Waals surface area contributed by atoms with Crippen LogP contribution in [-0.2, 0) is 27.1 Å². The van der Waals surface area contributed by atoms with E-state index in [0.717, 1.165) is 58.5 Å². The van der Waals surface area contributed by atoms with Crippen molar-refractivity contribution in [2.45, 2.75) is 496 Å². The fourth-order valence-electron chi connectivity index (χ4n) is 13.1. The summed E-state index contributed by atoms with van der Waals surface area (Å²) < 4.78 is 38.2. The summed E-state index contributed by atoms with van der Waals surface area (Å²) in [5.41, 5.74) is 0. The summed E-state index contributed by atoms with van der Waals surface area (Å²) in [4.78, 5) is 0. The summed E-state index contributed by atoms with van der Waals surface area (Å²) in [5, 5.41) is 0. The van der Waals surface area contributed by atoms with E-state index < -0.39 is 17.2 Å². The van der Waals surface area contributed by atoms with Crippen LogP contribution in [0.1, 0.15) is 496 Å². The predicted octanol–water partition coefficient (Wildman–Crippen LogP) is 32.1. The van der Waals surface area contributed by atoms with Crippen molar-refractivity contribution in [3.8, 4) is 0 Å². The molecule has 548 valence electrons. The quantitative estimate of drug-likeness (QED) is 0.0447. The third-order valence-electron chi connectivity index (χ3n) is 19.5. The molecule has 0 saturated carbocycles. The van der Waals surface area contributed by atoms with Crippen LogP contribution in [0.3, 0.4) is 0 Å². The van der Waals surface area contributed by atoms with Gasteiger partial charge < -0.3 is 27.1 Å². The average molecular weight is 1330 g/mol. The van der Waals surface area contributed by atoms with E-state index in [1.807, 2.05) is 0 Å². The van der Waals surface area contributed by atoms with Gasteiger partial charge in [0.25, 0.3) is 0 Å². The first-order chi connectivity index (χ1) is 45.3. The highest BCUT2D eigenvalue weighted by Crippen LogP contribution is 2.42. The van der Waals surface area contributed by atoms with Crippen LogP contribution in [0.5, 0.6) is 0 Å². The van der Waals surface area contributed by atoms with Gasteiger partial charge in [0.1, 0.15) is 0 Å². The zero-order valence-electron chi connectivity index (χ0n) is 63.2. The molecule has 0 aliphatic heterocycles. The maximum Gasteiger partial charge on any atom is 0.332 e. The molecule has 0 saturated heterocycles. The van der Waals surface area contributed by atoms with Crippen LogP contribution in [-0.4, -0.2) is 39.6 Å². The van der Waals surface area contributed by atoms with Crippen molar-refractivity contribution in [1.29, 1.82) is 0 Å². The fraction of sp³-hybridized carbons (Fsp3) is 1.00. The van der Waals surface area contributed by atoms with Gasteiger partial charge in [0.05, 0.1) is 39.6 Å². The van der Waals surface area contributed by atoms with Crippen molar-refractivity contribution in [1.82, 2.24) is 0 Å². The molecule has 0 fully saturated rings. The lowest BCUT2D eigenvalue weighted by Gasteiger charge is -2.18. The Morgan fingerprint density at radius 1 is 0.110 bits per heavy atom. The summed E-state index contributed by atoms with van der Waals surface area (Å²) >= 11 is 0. The Morgan fingerprint density at radius 2 is 0.198 bits per heavy atom. The Hall–Kier alpha value is 0.620. The normalized spacial score (nSPS) is 11.9. The van der Waals surface area contributed by atoms with Crippen molar-refractivity contribution in [3.05, 3.63) is 0 Å². The van der Waals surface area contributed by atoms with Crippen LogP contribution < -0.4 is 0 Å². The van der Waals surface area contributed by atoms with Gasteiger partial charge in [0.15, 0.2) is 0 Å². The van der Waals surface area contributed by atoms with E-state index in [1.54, 1.807) is 0 Å². The lowest BCUT2D eigenvalue weighted by Crippen LogP contribution is -2.04. The fourth-order valence-corrected chi connectivity index (χ4v) is 15.2. The maximum absolute atomic E-state index is 6.37. The number of hydrogen-bond donors (Lipinski definition) is 0. The van der Waals surface area contributed by atoms with Gasteiger partial charge in [-0.25, -0.2) is 0 Å². The van der Waals surface area contributed by atoms with Crippen LogP contribution in [0.2, 0.25) is 0 Å². The molecule has 0 aliphatic carbocycles. The van der Waals surface area contributed by atoms with E-state index in [4.69, 9.17) is 27.1 Å². The minimum absolute atomic E-state index is 0.575. The van der Waals surface area contributed by atoms with Crippen molar-refractivity contribution in [2.24, 2.45) is 0 Å². The van der Waals surface area contributed by atoms with Gasteiger partial charge in [-0.3, -0.25) is 0 Å². The SMILES string of the molecule is CCCCCCCCCCCCCCCCCCCCOP(OCCCCCCCCCCCCCCCCCCCC)OCCCOP(OCCCCCCCCCCCCCCCCCCCC)OCCCCCCCCCCCCCCCCCCCC. The molecule has 0 rings (SSSR count). The van der Waals surface area contributed by atoms with Crippen molar-refractivity contribution >= 4 is 17.2 Å². The molecular weight excluding hydrogens is 1150 g/mol. The van der Waals surface area contributed by atoms with E-state index >= 15 is 0 Å². The van der Waals surface area contributed by atoms with Gasteiger partial charge in [0, 0.05) is 0 Å². The van der Waals surface area contributed by atoms with E-state index in [9.17, 15) is 0 Å². The standard InChI is InChI=1S/C83H170O6P2/c1-5-9-13-17-21-25-29-33-37-41-45-49-53-57-61-65-69-73-78-84-90(85-79-74-70-66-62-58-54-50-46-42-38-34-30-26-22-18-14-10-6-2)88-82-77-83-89-91(86-80-75-71-67-63-59-55-51-47-43-39-35-31-27-23-19-15-11-7-3)87-81-76-72-68-64-60-56-52-48-44-40-36-32-28-24-20-16-12-8-4/h5-83H2,1-4H3. The molecule has 0 aromatic rings. The van der Waals surface area contributed by atoms with Gasteiger partial charge in [-0.05, 0) is 32.1 Å². The van der Waals surface area contributed by atoms with Gasteiger partial charge in [-0.15, -0.1) is 0 Å². The second kappa shape index (κ2) is 86.7. The van der Waals surface area contributed by atoms with Crippen LogP contribution >= 0.6 is 17.2 Å². The molecule has 8 heteroatoms. The Kier molecular flexibility index (Phi) is 87.3. The molecule has 0 unspecified atom stereocenters. The number of rotatable bonds is 86. The van der Waals surface area contributed by atoms with Gasteiger partial charge in [0.2, 0.25) is 0 Å². The first-order valence-corrected chi connectivity index (χ1v) is 44.8. The molecule has 0 radical (unpaired) electrons. The minimum atomic E-state index is -1.35. The maximum atomic E-state index is 6.37. The molecule has 0 amide bonds. The first-order valence-electron chi connectivity index (χ1n) is 42.7. The molecule has 91 heavy (non-hydrogen) atoms. The van der Waals surface area contributed by atoms with Crippen molar-refractivity contribution < 1.29 is 27.1 Å². The third-order valence-corrected chi connectivity index (χ3v) is 21.8. The van der Waals surface area contributed by atoms with Crippen molar-refractivity contribution in [2.75, 3.05) is 39.6 Å². The molecular formula is C83H170O6P2. The molecule has 0 heterocycles. The van der Waals surface area contributed by atoms with E-state index in [-0.39, 0.29) is 0 Å². The monoisotopic (exact) mass is 1330 g/mol. The highest BCUT2D eigenvalue weighted by molar-refractivity contribution is 7.42. The highest BCUT2D eigenvalue weighted by Gasteiger charge is 2.16. The second-order valence-corrected chi connectivity index (χ2v) is 31.3. The Morgan fingerprint density at radius 3 is 0.308 bits per heavy atom. The molecule has 0 aliphatic rings. The summed E-state index contributed by atoms with van der Waals surface area (Å²) in [6, 6.07) is 0. The Balaban J connectivity index is 4.76.